The minimum atomic E-state index is -3.47. The van der Waals surface area contributed by atoms with Crippen LogP contribution < -0.4 is 0 Å². The van der Waals surface area contributed by atoms with Gasteiger partial charge in [-0.05, 0) is 43.9 Å². The first-order chi connectivity index (χ1) is 13.6. The Morgan fingerprint density at radius 2 is 1.64 bits per heavy atom. The molecule has 0 N–H and O–H groups in total. The molecule has 0 bridgehead atoms. The van der Waals surface area contributed by atoms with Gasteiger partial charge in [0.15, 0.2) is 0 Å². The second kappa shape index (κ2) is 8.16. The Labute approximate surface area is 165 Å². The zero-order valence-corrected chi connectivity index (χ0v) is 16.9. The van der Waals surface area contributed by atoms with E-state index in [0.717, 1.165) is 44.3 Å². The fraction of sp³-hybridized carbons (Fsp3) is 0.632. The van der Waals surface area contributed by atoms with Crippen LogP contribution in [0.2, 0.25) is 0 Å². The molecule has 0 spiro atoms. The van der Waals surface area contributed by atoms with E-state index in [4.69, 9.17) is 0 Å². The highest BCUT2D eigenvalue weighted by Crippen LogP contribution is 2.24. The van der Waals surface area contributed by atoms with E-state index in [1.807, 2.05) is 4.90 Å². The number of carbonyl (C=O) groups is 1. The van der Waals surface area contributed by atoms with Gasteiger partial charge in [0.2, 0.25) is 15.9 Å². The quantitative estimate of drug-likeness (QED) is 0.759. The summed E-state index contributed by atoms with van der Waals surface area (Å²) < 4.78 is 28.7. The number of sulfonamides is 1. The van der Waals surface area contributed by atoms with Gasteiger partial charge in [-0.3, -0.25) is 4.79 Å². The number of aryl methyl sites for hydroxylation is 1. The number of rotatable bonds is 5. The molecule has 0 aliphatic carbocycles. The normalized spacial score (nSPS) is 19.2. The molecule has 152 valence electrons. The third-order valence-corrected chi connectivity index (χ3v) is 7.58. The van der Waals surface area contributed by atoms with Crippen molar-refractivity contribution in [3.8, 4) is 0 Å². The molecular formula is C19H27N5O3S. The Kier molecular flexibility index (Phi) is 5.63. The Balaban J connectivity index is 1.46. The summed E-state index contributed by atoms with van der Waals surface area (Å²) in [5.41, 5.74) is 1.30. The molecule has 28 heavy (non-hydrogen) atoms. The molecule has 1 aromatic carbocycles. The number of hydrogen-bond acceptors (Lipinski definition) is 5. The summed E-state index contributed by atoms with van der Waals surface area (Å²) in [6.07, 6.45) is 6.73. The third-order valence-electron chi connectivity index (χ3n) is 5.68. The maximum absolute atomic E-state index is 12.7. The van der Waals surface area contributed by atoms with Gasteiger partial charge >= 0.3 is 0 Å². The summed E-state index contributed by atoms with van der Waals surface area (Å²) in [4.78, 5) is 14.7. The van der Waals surface area contributed by atoms with E-state index in [1.165, 1.54) is 17.1 Å². The zero-order valence-electron chi connectivity index (χ0n) is 16.1. The lowest BCUT2D eigenvalue weighted by Crippen LogP contribution is -2.32. The Morgan fingerprint density at radius 1 is 0.964 bits per heavy atom. The molecule has 2 aromatic rings. The second-order valence-electron chi connectivity index (χ2n) is 7.62. The van der Waals surface area contributed by atoms with Crippen LogP contribution in [0.15, 0.2) is 23.1 Å². The van der Waals surface area contributed by atoms with Crippen molar-refractivity contribution >= 4 is 27.0 Å². The minimum Gasteiger partial charge on any atom is -0.343 e. The van der Waals surface area contributed by atoms with Crippen LogP contribution in [0.5, 0.6) is 0 Å². The van der Waals surface area contributed by atoms with Gasteiger partial charge in [-0.15, -0.1) is 5.10 Å². The fourth-order valence-corrected chi connectivity index (χ4v) is 5.57. The predicted octanol–water partition coefficient (Wildman–Crippen LogP) is 2.01. The van der Waals surface area contributed by atoms with Crippen molar-refractivity contribution in [3.63, 3.8) is 0 Å². The summed E-state index contributed by atoms with van der Waals surface area (Å²) in [5.74, 6) is 0.152. The van der Waals surface area contributed by atoms with Crippen LogP contribution in [0.1, 0.15) is 44.9 Å². The molecule has 1 amide bonds. The van der Waals surface area contributed by atoms with Crippen LogP contribution in [-0.2, 0) is 21.4 Å². The maximum Gasteiger partial charge on any atom is 0.243 e. The summed E-state index contributed by atoms with van der Waals surface area (Å²) in [7, 11) is -3.47. The van der Waals surface area contributed by atoms with Gasteiger partial charge in [0.1, 0.15) is 5.52 Å². The number of benzene rings is 1. The first-order valence-electron chi connectivity index (χ1n) is 10.2. The molecule has 9 heteroatoms. The van der Waals surface area contributed by atoms with Crippen molar-refractivity contribution in [1.29, 1.82) is 0 Å². The van der Waals surface area contributed by atoms with E-state index in [-0.39, 0.29) is 10.8 Å². The molecule has 0 atom stereocenters. The maximum atomic E-state index is 12.7. The molecule has 1 aromatic heterocycles. The summed E-state index contributed by atoms with van der Waals surface area (Å²) in [5, 5.41) is 8.27. The van der Waals surface area contributed by atoms with E-state index in [9.17, 15) is 13.2 Å². The topological polar surface area (TPSA) is 88.4 Å². The molecule has 2 fully saturated rings. The molecule has 2 aliphatic rings. The molecule has 3 heterocycles. The smallest absolute Gasteiger partial charge is 0.243 e. The Hall–Kier alpha value is -2.00. The van der Waals surface area contributed by atoms with Gasteiger partial charge in [-0.2, -0.15) is 4.31 Å². The lowest BCUT2D eigenvalue weighted by atomic mass is 10.2. The number of amides is 1. The number of aromatic nitrogens is 3. The fourth-order valence-electron chi connectivity index (χ4n) is 4.03. The average molecular weight is 406 g/mol. The average Bonchev–Trinajstić information content (AvgIpc) is 3.30. The van der Waals surface area contributed by atoms with Gasteiger partial charge in [0.05, 0.1) is 17.0 Å². The van der Waals surface area contributed by atoms with Crippen molar-refractivity contribution in [1.82, 2.24) is 24.2 Å². The molecule has 0 radical (unpaired) electrons. The molecule has 0 saturated carbocycles. The van der Waals surface area contributed by atoms with Crippen LogP contribution in [0, 0.1) is 0 Å². The van der Waals surface area contributed by atoms with Crippen LogP contribution in [-0.4, -0.2) is 64.7 Å². The number of fused-ring (bicyclic) bond motifs is 1. The van der Waals surface area contributed by atoms with Gasteiger partial charge in [-0.1, -0.05) is 18.1 Å². The van der Waals surface area contributed by atoms with Crippen LogP contribution in [0.4, 0.5) is 0 Å². The standard InChI is InChI=1S/C19H27N5O3S/c25-19(22-10-3-1-2-4-11-22)9-14-24-18-8-7-16(15-17(18)20-21-24)28(26,27)23-12-5-6-13-23/h7-8,15H,1-6,9-14H2. The third kappa shape index (κ3) is 3.91. The summed E-state index contributed by atoms with van der Waals surface area (Å²) >= 11 is 0. The van der Waals surface area contributed by atoms with Gasteiger partial charge < -0.3 is 4.90 Å². The number of nitrogens with zero attached hydrogens (tertiary/aromatic N) is 5. The van der Waals surface area contributed by atoms with Gasteiger partial charge in [0.25, 0.3) is 0 Å². The summed E-state index contributed by atoms with van der Waals surface area (Å²) in [6, 6.07) is 4.95. The number of hydrogen-bond donors (Lipinski definition) is 0. The van der Waals surface area contributed by atoms with Crippen molar-refractivity contribution in [2.24, 2.45) is 0 Å². The monoisotopic (exact) mass is 405 g/mol. The molecule has 8 nitrogen and oxygen atoms in total. The van der Waals surface area contributed by atoms with E-state index in [0.29, 0.717) is 31.6 Å². The lowest BCUT2D eigenvalue weighted by molar-refractivity contribution is -0.131. The van der Waals surface area contributed by atoms with Crippen LogP contribution in [0.3, 0.4) is 0 Å². The second-order valence-corrected chi connectivity index (χ2v) is 9.56. The highest BCUT2D eigenvalue weighted by Gasteiger charge is 2.27. The highest BCUT2D eigenvalue weighted by molar-refractivity contribution is 7.89. The predicted molar refractivity (Wildman–Crippen MR) is 105 cm³/mol. The van der Waals surface area contributed by atoms with Crippen molar-refractivity contribution < 1.29 is 13.2 Å². The molecule has 0 unspecified atom stereocenters. The van der Waals surface area contributed by atoms with E-state index in [1.54, 1.807) is 22.9 Å². The Bertz CT molecular complexity index is 942. The van der Waals surface area contributed by atoms with E-state index < -0.39 is 10.0 Å². The van der Waals surface area contributed by atoms with Gasteiger partial charge in [-0.25, -0.2) is 13.1 Å². The highest BCUT2D eigenvalue weighted by atomic mass is 32.2. The first-order valence-corrected chi connectivity index (χ1v) is 11.6. The lowest BCUT2D eigenvalue weighted by Gasteiger charge is -2.20. The zero-order chi connectivity index (χ0) is 19.6. The molecule has 4 rings (SSSR count). The largest absolute Gasteiger partial charge is 0.343 e. The Morgan fingerprint density at radius 3 is 2.36 bits per heavy atom. The van der Waals surface area contributed by atoms with Crippen molar-refractivity contribution in [2.75, 3.05) is 26.2 Å². The molecule has 2 saturated heterocycles. The van der Waals surface area contributed by atoms with Gasteiger partial charge in [0, 0.05) is 32.6 Å². The van der Waals surface area contributed by atoms with Crippen molar-refractivity contribution in [3.05, 3.63) is 18.2 Å². The molecular weight excluding hydrogens is 378 g/mol. The van der Waals surface area contributed by atoms with Crippen LogP contribution in [0.25, 0.3) is 11.0 Å². The van der Waals surface area contributed by atoms with Crippen LogP contribution >= 0.6 is 0 Å². The summed E-state index contributed by atoms with van der Waals surface area (Å²) in [6.45, 7) is 3.28. The minimum absolute atomic E-state index is 0.152. The van der Waals surface area contributed by atoms with Crippen molar-refractivity contribution in [2.45, 2.75) is 56.4 Å². The van der Waals surface area contributed by atoms with E-state index >= 15 is 0 Å². The molecule has 2 aliphatic heterocycles. The van der Waals surface area contributed by atoms with E-state index in [2.05, 4.69) is 10.3 Å². The number of likely N-dealkylation sites (tertiary alicyclic amines) is 1. The first kappa shape index (κ1) is 19.3. The SMILES string of the molecule is O=C(CCn1nnc2cc(S(=O)(=O)N3CCCC3)ccc21)N1CCCCCC1. The number of carbonyl (C=O) groups excluding carboxylic acids is 1.